The van der Waals surface area contributed by atoms with Crippen LogP contribution in [0.15, 0.2) is 60.7 Å². The minimum Gasteiger partial charge on any atom is -0.262 e. The quantitative estimate of drug-likeness (QED) is 0.683. The third-order valence-corrected chi connectivity index (χ3v) is 6.20. The highest BCUT2D eigenvalue weighted by molar-refractivity contribution is 7.92. The molecule has 0 aromatic heterocycles. The van der Waals surface area contributed by atoms with Crippen molar-refractivity contribution in [2.75, 3.05) is 10.6 Å². The van der Waals surface area contributed by atoms with E-state index >= 15 is 0 Å². The molecule has 1 aliphatic heterocycles. The molecule has 1 aliphatic carbocycles. The van der Waals surface area contributed by atoms with Crippen molar-refractivity contribution in [1.82, 2.24) is 0 Å². The highest BCUT2D eigenvalue weighted by Crippen LogP contribution is 2.59. The molecular formula is C19H15NO2S. The van der Waals surface area contributed by atoms with Gasteiger partial charge in [0, 0.05) is 5.92 Å². The second-order valence-electron chi connectivity index (χ2n) is 6.33. The average molecular weight is 321 g/mol. The Morgan fingerprint density at radius 1 is 0.826 bits per heavy atom. The molecule has 5 rings (SSSR count). The number of para-hydroxylation sites is 1. The van der Waals surface area contributed by atoms with E-state index < -0.39 is 10.0 Å². The van der Waals surface area contributed by atoms with Crippen LogP contribution in [0.1, 0.15) is 28.7 Å². The zero-order valence-electron chi connectivity index (χ0n) is 12.6. The molecule has 114 valence electrons. The maximum atomic E-state index is 12.5. The topological polar surface area (TPSA) is 37.4 Å². The van der Waals surface area contributed by atoms with Crippen molar-refractivity contribution in [3.8, 4) is 0 Å². The highest BCUT2D eigenvalue weighted by Gasteiger charge is 2.48. The van der Waals surface area contributed by atoms with Crippen LogP contribution in [0.5, 0.6) is 0 Å². The van der Waals surface area contributed by atoms with Gasteiger partial charge in [0.25, 0.3) is 0 Å². The van der Waals surface area contributed by atoms with E-state index in [4.69, 9.17) is 0 Å². The largest absolute Gasteiger partial charge is 0.262 e. The molecule has 4 heteroatoms. The van der Waals surface area contributed by atoms with Crippen LogP contribution in [0, 0.1) is 0 Å². The predicted octanol–water partition coefficient (Wildman–Crippen LogP) is 3.81. The molecule has 0 bridgehead atoms. The zero-order chi connectivity index (χ0) is 15.8. The average Bonchev–Trinajstić information content (AvgIpc) is 3.03. The lowest BCUT2D eigenvalue weighted by atomic mass is 9.92. The molecule has 0 fully saturated rings. The van der Waals surface area contributed by atoms with Gasteiger partial charge in [-0.15, -0.1) is 0 Å². The molecule has 0 spiro atoms. The summed E-state index contributed by atoms with van der Waals surface area (Å²) in [6.07, 6.45) is 1.30. The Morgan fingerprint density at radius 2 is 1.48 bits per heavy atom. The summed E-state index contributed by atoms with van der Waals surface area (Å²) in [6.45, 7) is 0. The van der Waals surface area contributed by atoms with Gasteiger partial charge in [-0.1, -0.05) is 54.6 Å². The number of rotatable bonds is 1. The zero-order valence-corrected chi connectivity index (χ0v) is 13.4. The smallest absolute Gasteiger partial charge is 0.232 e. The summed E-state index contributed by atoms with van der Waals surface area (Å²) < 4.78 is 26.7. The van der Waals surface area contributed by atoms with Gasteiger partial charge in [-0.25, -0.2) is 8.42 Å². The van der Waals surface area contributed by atoms with Crippen LogP contribution < -0.4 is 4.31 Å². The van der Waals surface area contributed by atoms with Crippen LogP contribution in [-0.2, 0) is 10.0 Å². The minimum absolute atomic E-state index is 0.0852. The van der Waals surface area contributed by atoms with Crippen LogP contribution in [-0.4, -0.2) is 14.7 Å². The standard InChI is InChI=1S/C19H15NO2S/c1-23(21,22)20-16-11-3-2-8-13(16)18-14-9-4-6-12-7-5-10-15(17(12)14)19(18)20/h2-11,18-19H,1H3/t18-,19+/m1/s1. The highest BCUT2D eigenvalue weighted by atomic mass is 32.2. The van der Waals surface area contributed by atoms with Crippen molar-refractivity contribution in [1.29, 1.82) is 0 Å². The molecule has 3 aromatic rings. The van der Waals surface area contributed by atoms with Crippen LogP contribution in [0.2, 0.25) is 0 Å². The molecule has 2 atom stereocenters. The Morgan fingerprint density at radius 3 is 2.22 bits per heavy atom. The lowest BCUT2D eigenvalue weighted by molar-refractivity contribution is 0.584. The molecule has 1 heterocycles. The SMILES string of the molecule is CS(=O)(=O)N1c2ccccc2[C@@H]2c3cccc4cccc(c34)[C@@H]21. The van der Waals surface area contributed by atoms with E-state index in [1.54, 1.807) is 4.31 Å². The van der Waals surface area contributed by atoms with Crippen LogP contribution in [0.4, 0.5) is 5.69 Å². The van der Waals surface area contributed by atoms with E-state index in [9.17, 15) is 8.42 Å². The number of hydrogen-bond donors (Lipinski definition) is 0. The Labute approximate surface area is 135 Å². The number of benzene rings is 3. The molecule has 0 saturated carbocycles. The fourth-order valence-electron chi connectivity index (χ4n) is 4.34. The van der Waals surface area contributed by atoms with Crippen molar-refractivity contribution in [2.45, 2.75) is 12.0 Å². The van der Waals surface area contributed by atoms with Crippen LogP contribution >= 0.6 is 0 Å². The lowest BCUT2D eigenvalue weighted by Crippen LogP contribution is -2.31. The van der Waals surface area contributed by atoms with Gasteiger partial charge in [0.15, 0.2) is 0 Å². The Balaban J connectivity index is 1.91. The first-order valence-corrected chi connectivity index (χ1v) is 9.52. The van der Waals surface area contributed by atoms with Gasteiger partial charge in [0.05, 0.1) is 18.0 Å². The van der Waals surface area contributed by atoms with E-state index in [0.29, 0.717) is 0 Å². The second-order valence-corrected chi connectivity index (χ2v) is 8.19. The molecule has 0 N–H and O–H groups in total. The Bertz CT molecular complexity index is 1070. The summed E-state index contributed by atoms with van der Waals surface area (Å²) >= 11 is 0. The normalized spacial score (nSPS) is 21.5. The van der Waals surface area contributed by atoms with Crippen LogP contribution in [0.3, 0.4) is 0 Å². The van der Waals surface area contributed by atoms with Gasteiger partial charge in [-0.05, 0) is 33.5 Å². The van der Waals surface area contributed by atoms with Crippen LogP contribution in [0.25, 0.3) is 10.8 Å². The molecule has 0 unspecified atom stereocenters. The number of hydrogen-bond acceptors (Lipinski definition) is 2. The van der Waals surface area contributed by atoms with Crippen molar-refractivity contribution >= 4 is 26.5 Å². The fraction of sp³-hybridized carbons (Fsp3) is 0.158. The lowest BCUT2D eigenvalue weighted by Gasteiger charge is -2.25. The van der Waals surface area contributed by atoms with E-state index in [1.807, 2.05) is 24.3 Å². The molecule has 0 amide bonds. The Hall–Kier alpha value is -2.33. The van der Waals surface area contributed by atoms with Crippen molar-refractivity contribution in [3.05, 3.63) is 77.4 Å². The molecule has 23 heavy (non-hydrogen) atoms. The maximum absolute atomic E-state index is 12.5. The van der Waals surface area contributed by atoms with Gasteiger partial charge in [-0.2, -0.15) is 0 Å². The molecule has 3 nitrogen and oxygen atoms in total. The first kappa shape index (κ1) is 13.1. The first-order valence-electron chi connectivity index (χ1n) is 7.67. The molecule has 2 aliphatic rings. The van der Waals surface area contributed by atoms with Crippen molar-refractivity contribution in [3.63, 3.8) is 0 Å². The van der Waals surface area contributed by atoms with Gasteiger partial charge in [-0.3, -0.25) is 4.31 Å². The van der Waals surface area contributed by atoms with E-state index in [0.717, 1.165) is 16.8 Å². The monoisotopic (exact) mass is 321 g/mol. The minimum atomic E-state index is -3.35. The number of anilines is 1. The predicted molar refractivity (Wildman–Crippen MR) is 92.3 cm³/mol. The third-order valence-electron chi connectivity index (χ3n) is 5.06. The Kier molecular flexibility index (Phi) is 2.37. The summed E-state index contributed by atoms with van der Waals surface area (Å²) in [4.78, 5) is 0. The second kappa shape index (κ2) is 4.15. The molecule has 0 saturated heterocycles. The summed E-state index contributed by atoms with van der Waals surface area (Å²) in [5, 5.41) is 2.40. The van der Waals surface area contributed by atoms with Crippen molar-refractivity contribution in [2.24, 2.45) is 0 Å². The summed E-state index contributed by atoms with van der Waals surface area (Å²) in [6, 6.07) is 20.2. The third kappa shape index (κ3) is 1.56. The van der Waals surface area contributed by atoms with Gasteiger partial charge in [0.1, 0.15) is 0 Å². The van der Waals surface area contributed by atoms with Crippen molar-refractivity contribution < 1.29 is 8.42 Å². The van der Waals surface area contributed by atoms with Gasteiger partial charge >= 0.3 is 0 Å². The number of sulfonamides is 1. The summed E-state index contributed by atoms with van der Waals surface area (Å²) in [5.74, 6) is 0.0852. The fourth-order valence-corrected chi connectivity index (χ4v) is 5.51. The first-order chi connectivity index (χ1) is 11.1. The maximum Gasteiger partial charge on any atom is 0.232 e. The van der Waals surface area contributed by atoms with Gasteiger partial charge in [0.2, 0.25) is 10.0 Å². The molecular weight excluding hydrogens is 306 g/mol. The number of fused-ring (bicyclic) bond motifs is 5. The number of nitrogens with zero attached hydrogens (tertiary/aromatic N) is 1. The summed E-state index contributed by atoms with van der Waals surface area (Å²) in [7, 11) is -3.35. The van der Waals surface area contributed by atoms with E-state index in [1.165, 1.54) is 22.6 Å². The van der Waals surface area contributed by atoms with Gasteiger partial charge < -0.3 is 0 Å². The van der Waals surface area contributed by atoms with E-state index in [2.05, 4.69) is 36.4 Å². The molecule has 3 aromatic carbocycles. The van der Waals surface area contributed by atoms with E-state index in [-0.39, 0.29) is 12.0 Å². The molecule has 0 radical (unpaired) electrons. The summed E-state index contributed by atoms with van der Waals surface area (Å²) in [5.41, 5.74) is 4.27.